The van der Waals surface area contributed by atoms with Gasteiger partial charge in [0.2, 0.25) is 0 Å². The molecule has 1 atom stereocenters. The number of nitrogens with two attached hydrogens (primary N) is 1. The maximum absolute atomic E-state index is 9.89. The van der Waals surface area contributed by atoms with E-state index in [9.17, 15) is 5.11 Å². The normalized spacial score (nSPS) is 13.0. The minimum absolute atomic E-state index is 0.340. The zero-order valence-corrected chi connectivity index (χ0v) is 10.3. The number of benzene rings is 1. The standard InChI is InChI=1S/C13H22N2O/c1-15(2)10-6-9-14-11-13(16)12-7-4-3-5-8-12/h3-5,7-8,13-14,16H,6,9-11H2,1-2H3/p+2/t13-/m1/s1. The molecule has 4 N–H and O–H groups in total. The van der Waals surface area contributed by atoms with Gasteiger partial charge in [-0.3, -0.25) is 0 Å². The van der Waals surface area contributed by atoms with Crippen LogP contribution in [0.5, 0.6) is 0 Å². The third kappa shape index (κ3) is 5.26. The maximum Gasteiger partial charge on any atom is 0.128 e. The molecule has 1 rings (SSSR count). The van der Waals surface area contributed by atoms with Crippen LogP contribution in [0.15, 0.2) is 30.3 Å². The van der Waals surface area contributed by atoms with Gasteiger partial charge in [0.1, 0.15) is 12.6 Å². The van der Waals surface area contributed by atoms with Crippen LogP contribution in [-0.2, 0) is 0 Å². The van der Waals surface area contributed by atoms with Crippen molar-refractivity contribution in [2.75, 3.05) is 33.7 Å². The molecule has 1 aromatic rings. The Morgan fingerprint density at radius 2 is 1.94 bits per heavy atom. The van der Waals surface area contributed by atoms with Gasteiger partial charge in [0.25, 0.3) is 0 Å². The first-order valence-corrected chi connectivity index (χ1v) is 6.04. The largest absolute Gasteiger partial charge is 0.382 e. The summed E-state index contributed by atoms with van der Waals surface area (Å²) in [5, 5.41) is 12.1. The van der Waals surface area contributed by atoms with E-state index in [0.29, 0.717) is 0 Å². The second kappa shape index (κ2) is 7.39. The van der Waals surface area contributed by atoms with Crippen molar-refractivity contribution in [3.05, 3.63) is 35.9 Å². The lowest BCUT2D eigenvalue weighted by Gasteiger charge is -2.10. The Bertz CT molecular complexity index is 275. The number of aliphatic hydroxyl groups excluding tert-OH is 1. The van der Waals surface area contributed by atoms with Crippen molar-refractivity contribution in [1.82, 2.24) is 0 Å². The Morgan fingerprint density at radius 3 is 2.56 bits per heavy atom. The van der Waals surface area contributed by atoms with Crippen LogP contribution in [0, 0.1) is 0 Å². The maximum atomic E-state index is 9.89. The minimum Gasteiger partial charge on any atom is -0.382 e. The van der Waals surface area contributed by atoms with Gasteiger partial charge >= 0.3 is 0 Å². The molecule has 0 aliphatic carbocycles. The number of hydrogen-bond acceptors (Lipinski definition) is 1. The molecule has 0 bridgehead atoms. The van der Waals surface area contributed by atoms with Gasteiger partial charge in [-0.25, -0.2) is 0 Å². The van der Waals surface area contributed by atoms with Gasteiger partial charge in [-0.15, -0.1) is 0 Å². The molecule has 0 unspecified atom stereocenters. The van der Waals surface area contributed by atoms with E-state index in [4.69, 9.17) is 0 Å². The highest BCUT2D eigenvalue weighted by molar-refractivity contribution is 5.16. The van der Waals surface area contributed by atoms with Crippen LogP contribution in [0.4, 0.5) is 0 Å². The van der Waals surface area contributed by atoms with Crippen LogP contribution < -0.4 is 10.2 Å². The van der Waals surface area contributed by atoms with Gasteiger partial charge in [0.05, 0.1) is 27.2 Å². The lowest BCUT2D eigenvalue weighted by molar-refractivity contribution is -0.860. The molecule has 3 heteroatoms. The SMILES string of the molecule is C[NH+](C)CCC[NH2+]C[C@@H](O)c1ccccc1. The van der Waals surface area contributed by atoms with E-state index in [1.54, 1.807) is 0 Å². The van der Waals surface area contributed by atoms with Crippen LogP contribution in [0.2, 0.25) is 0 Å². The third-order valence-electron chi connectivity index (χ3n) is 2.66. The monoisotopic (exact) mass is 224 g/mol. The van der Waals surface area contributed by atoms with E-state index >= 15 is 0 Å². The Hall–Kier alpha value is -0.900. The highest BCUT2D eigenvalue weighted by atomic mass is 16.3. The molecular formula is C13H24N2O+2. The van der Waals surface area contributed by atoms with E-state index in [1.165, 1.54) is 17.9 Å². The zero-order valence-electron chi connectivity index (χ0n) is 10.3. The lowest BCUT2D eigenvalue weighted by atomic mass is 10.1. The topological polar surface area (TPSA) is 41.3 Å². The molecule has 1 aromatic carbocycles. The average Bonchev–Trinajstić information content (AvgIpc) is 2.29. The predicted octanol–water partition coefficient (Wildman–Crippen LogP) is -1.18. The molecule has 0 aliphatic heterocycles. The predicted molar refractivity (Wildman–Crippen MR) is 65.4 cm³/mol. The van der Waals surface area contributed by atoms with Gasteiger partial charge < -0.3 is 15.3 Å². The van der Waals surface area contributed by atoms with Gasteiger partial charge in [-0.1, -0.05) is 30.3 Å². The fourth-order valence-electron chi connectivity index (χ4n) is 1.69. The van der Waals surface area contributed by atoms with Crippen LogP contribution in [0.25, 0.3) is 0 Å². The Kier molecular flexibility index (Phi) is 6.08. The smallest absolute Gasteiger partial charge is 0.128 e. The van der Waals surface area contributed by atoms with Gasteiger partial charge in [-0.2, -0.15) is 0 Å². The van der Waals surface area contributed by atoms with Crippen molar-refractivity contribution in [3.63, 3.8) is 0 Å². The quantitative estimate of drug-likeness (QED) is 0.501. The van der Waals surface area contributed by atoms with Crippen molar-refractivity contribution in [2.24, 2.45) is 0 Å². The molecule has 0 radical (unpaired) electrons. The molecule has 0 amide bonds. The summed E-state index contributed by atoms with van der Waals surface area (Å²) in [6, 6.07) is 9.85. The van der Waals surface area contributed by atoms with Crippen molar-refractivity contribution < 1.29 is 15.3 Å². The summed E-state index contributed by atoms with van der Waals surface area (Å²) in [7, 11) is 4.33. The molecule has 0 saturated heterocycles. The molecule has 0 fully saturated rings. The zero-order chi connectivity index (χ0) is 11.8. The van der Waals surface area contributed by atoms with E-state index in [-0.39, 0.29) is 6.10 Å². The molecule has 0 spiro atoms. The number of nitrogens with one attached hydrogen (secondary N) is 1. The first kappa shape index (κ1) is 13.2. The fraction of sp³-hybridized carbons (Fsp3) is 0.538. The summed E-state index contributed by atoms with van der Waals surface area (Å²) >= 11 is 0. The molecule has 0 aromatic heterocycles. The molecular weight excluding hydrogens is 200 g/mol. The first-order chi connectivity index (χ1) is 7.70. The molecule has 16 heavy (non-hydrogen) atoms. The van der Waals surface area contributed by atoms with Crippen molar-refractivity contribution >= 4 is 0 Å². The highest BCUT2D eigenvalue weighted by Gasteiger charge is 2.08. The number of aliphatic hydroxyl groups is 1. The molecule has 0 aliphatic rings. The summed E-state index contributed by atoms with van der Waals surface area (Å²) in [6.07, 6.45) is 0.858. The van der Waals surface area contributed by atoms with E-state index in [0.717, 1.165) is 18.7 Å². The van der Waals surface area contributed by atoms with Gasteiger partial charge in [0.15, 0.2) is 0 Å². The van der Waals surface area contributed by atoms with Crippen molar-refractivity contribution in [2.45, 2.75) is 12.5 Å². The Balaban J connectivity index is 2.14. The summed E-state index contributed by atoms with van der Waals surface area (Å²) in [6.45, 7) is 3.04. The average molecular weight is 224 g/mol. The van der Waals surface area contributed by atoms with Crippen LogP contribution in [0.1, 0.15) is 18.1 Å². The fourth-order valence-corrected chi connectivity index (χ4v) is 1.69. The van der Waals surface area contributed by atoms with Gasteiger partial charge in [0, 0.05) is 6.42 Å². The molecule has 3 nitrogen and oxygen atoms in total. The lowest BCUT2D eigenvalue weighted by Crippen LogP contribution is -3.06. The molecule has 0 saturated carbocycles. The Morgan fingerprint density at radius 1 is 1.25 bits per heavy atom. The molecule has 0 heterocycles. The second-order valence-electron chi connectivity index (χ2n) is 4.55. The van der Waals surface area contributed by atoms with E-state index in [1.807, 2.05) is 30.3 Å². The number of rotatable bonds is 7. The van der Waals surface area contributed by atoms with Crippen LogP contribution >= 0.6 is 0 Å². The van der Waals surface area contributed by atoms with Crippen molar-refractivity contribution in [3.8, 4) is 0 Å². The number of hydrogen-bond donors (Lipinski definition) is 3. The van der Waals surface area contributed by atoms with Gasteiger partial charge in [-0.05, 0) is 5.56 Å². The second-order valence-corrected chi connectivity index (χ2v) is 4.55. The number of quaternary nitrogens is 2. The van der Waals surface area contributed by atoms with E-state index < -0.39 is 0 Å². The minimum atomic E-state index is -0.340. The first-order valence-electron chi connectivity index (χ1n) is 6.04. The van der Waals surface area contributed by atoms with Crippen LogP contribution in [-0.4, -0.2) is 38.8 Å². The van der Waals surface area contributed by atoms with Crippen molar-refractivity contribution in [1.29, 1.82) is 0 Å². The van der Waals surface area contributed by atoms with Crippen LogP contribution in [0.3, 0.4) is 0 Å². The summed E-state index contributed by atoms with van der Waals surface area (Å²) < 4.78 is 0. The Labute approximate surface area is 98.1 Å². The summed E-state index contributed by atoms with van der Waals surface area (Å²) in [5.74, 6) is 0. The third-order valence-corrected chi connectivity index (χ3v) is 2.66. The summed E-state index contributed by atoms with van der Waals surface area (Å²) in [4.78, 5) is 1.48. The molecule has 90 valence electrons. The van der Waals surface area contributed by atoms with E-state index in [2.05, 4.69) is 19.4 Å². The highest BCUT2D eigenvalue weighted by Crippen LogP contribution is 2.08. The summed E-state index contributed by atoms with van der Waals surface area (Å²) in [5.41, 5.74) is 1.01.